The first-order valence-electron chi connectivity index (χ1n) is 10.4. The Labute approximate surface area is 201 Å². The van der Waals surface area contributed by atoms with Crippen molar-refractivity contribution < 1.29 is 13.9 Å². The van der Waals surface area contributed by atoms with Gasteiger partial charge in [-0.25, -0.2) is 4.39 Å². The van der Waals surface area contributed by atoms with Gasteiger partial charge in [-0.15, -0.1) is 24.0 Å². The Morgan fingerprint density at radius 3 is 2.57 bits per heavy atom. The van der Waals surface area contributed by atoms with Crippen LogP contribution in [0.1, 0.15) is 25.3 Å². The predicted octanol–water partition coefficient (Wildman–Crippen LogP) is 3.38. The molecule has 6 nitrogen and oxygen atoms in total. The summed E-state index contributed by atoms with van der Waals surface area (Å²) >= 11 is 6.18. The van der Waals surface area contributed by atoms with E-state index in [9.17, 15) is 4.39 Å². The number of hydrogen-bond acceptors (Lipinski definition) is 4. The number of hydrogen-bond donors (Lipinski definition) is 1. The maximum Gasteiger partial charge on any atom is 0.194 e. The molecule has 0 atom stereocenters. The van der Waals surface area contributed by atoms with Gasteiger partial charge in [-0.05, 0) is 19.1 Å². The summed E-state index contributed by atoms with van der Waals surface area (Å²) in [5.41, 5.74) is 0.340. The smallest absolute Gasteiger partial charge is 0.194 e. The van der Waals surface area contributed by atoms with Crippen molar-refractivity contribution in [3.05, 3.63) is 34.6 Å². The van der Waals surface area contributed by atoms with E-state index in [4.69, 9.17) is 26.1 Å². The van der Waals surface area contributed by atoms with Crippen LogP contribution in [0.2, 0.25) is 5.02 Å². The van der Waals surface area contributed by atoms with Gasteiger partial charge in [0.2, 0.25) is 0 Å². The zero-order chi connectivity index (χ0) is 20.7. The van der Waals surface area contributed by atoms with Gasteiger partial charge < -0.3 is 19.7 Å². The van der Waals surface area contributed by atoms with Crippen molar-refractivity contribution in [2.24, 2.45) is 4.99 Å². The minimum absolute atomic E-state index is 0. The molecule has 2 aliphatic heterocycles. The van der Waals surface area contributed by atoms with Crippen LogP contribution in [0.3, 0.4) is 0 Å². The lowest BCUT2D eigenvalue weighted by atomic mass is 9.94. The monoisotopic (exact) mass is 554 g/mol. The molecular formula is C21H33ClFIN4O2. The quantitative estimate of drug-likeness (QED) is 0.332. The Hall–Kier alpha value is -0.680. The SMILES string of the molecule is CCNC(=NCC1(OC)CCOCC1)N1CCN(Cc2c(F)cccc2Cl)CC1.I. The van der Waals surface area contributed by atoms with Crippen LogP contribution < -0.4 is 5.32 Å². The molecule has 0 spiro atoms. The molecule has 170 valence electrons. The van der Waals surface area contributed by atoms with E-state index < -0.39 is 0 Å². The largest absolute Gasteiger partial charge is 0.381 e. The summed E-state index contributed by atoms with van der Waals surface area (Å²) in [6, 6.07) is 4.85. The number of ether oxygens (including phenoxy) is 2. The lowest BCUT2D eigenvalue weighted by molar-refractivity contribution is -0.0829. The fraction of sp³-hybridized carbons (Fsp3) is 0.667. The molecule has 2 aliphatic rings. The van der Waals surface area contributed by atoms with Crippen LogP contribution in [0, 0.1) is 5.82 Å². The molecule has 2 fully saturated rings. The standard InChI is InChI=1S/C21H32ClFN4O2.HI/c1-3-24-20(25-16-21(28-2)7-13-29-14-8-21)27-11-9-26(10-12-27)15-17-18(22)5-4-6-19(17)23;/h4-6H,3,7-16H2,1-2H3,(H,24,25);1H. The van der Waals surface area contributed by atoms with Gasteiger partial charge in [0.25, 0.3) is 0 Å². The fourth-order valence-electron chi connectivity index (χ4n) is 3.84. The topological polar surface area (TPSA) is 49.3 Å². The number of methoxy groups -OCH3 is 1. The average Bonchev–Trinajstić information content (AvgIpc) is 2.75. The summed E-state index contributed by atoms with van der Waals surface area (Å²) in [5, 5.41) is 3.89. The number of piperazine rings is 1. The van der Waals surface area contributed by atoms with Gasteiger partial charge in [0, 0.05) is 83.0 Å². The van der Waals surface area contributed by atoms with Crippen molar-refractivity contribution in [3.63, 3.8) is 0 Å². The van der Waals surface area contributed by atoms with Gasteiger partial charge in [-0.1, -0.05) is 17.7 Å². The molecular weight excluding hydrogens is 522 g/mol. The lowest BCUT2D eigenvalue weighted by Crippen LogP contribution is -2.53. The van der Waals surface area contributed by atoms with Gasteiger partial charge in [-0.2, -0.15) is 0 Å². The highest BCUT2D eigenvalue weighted by Crippen LogP contribution is 2.25. The molecule has 1 N–H and O–H groups in total. The van der Waals surface area contributed by atoms with E-state index in [0.717, 1.165) is 64.7 Å². The summed E-state index contributed by atoms with van der Waals surface area (Å²) in [6.07, 6.45) is 1.73. The lowest BCUT2D eigenvalue weighted by Gasteiger charge is -2.38. The van der Waals surface area contributed by atoms with Crippen LogP contribution >= 0.6 is 35.6 Å². The van der Waals surface area contributed by atoms with Gasteiger partial charge >= 0.3 is 0 Å². The minimum Gasteiger partial charge on any atom is -0.381 e. The predicted molar refractivity (Wildman–Crippen MR) is 129 cm³/mol. The zero-order valence-corrected chi connectivity index (χ0v) is 20.9. The van der Waals surface area contributed by atoms with Gasteiger partial charge in [0.05, 0.1) is 12.1 Å². The Balaban J connectivity index is 0.00000320. The van der Waals surface area contributed by atoms with Crippen molar-refractivity contribution in [2.45, 2.75) is 31.9 Å². The van der Waals surface area contributed by atoms with E-state index in [0.29, 0.717) is 23.7 Å². The summed E-state index contributed by atoms with van der Waals surface area (Å²) in [6.45, 7) is 8.81. The number of benzene rings is 1. The second kappa shape index (κ2) is 12.4. The maximum atomic E-state index is 14.1. The zero-order valence-electron chi connectivity index (χ0n) is 17.8. The summed E-state index contributed by atoms with van der Waals surface area (Å²) < 4.78 is 25.4. The molecule has 0 saturated carbocycles. The summed E-state index contributed by atoms with van der Waals surface area (Å²) in [4.78, 5) is 9.40. The molecule has 1 aromatic carbocycles. The first-order valence-corrected chi connectivity index (χ1v) is 10.8. The third-order valence-electron chi connectivity index (χ3n) is 5.80. The molecule has 0 amide bonds. The number of nitrogens with zero attached hydrogens (tertiary/aromatic N) is 3. The first kappa shape index (κ1) is 25.6. The fourth-order valence-corrected chi connectivity index (χ4v) is 4.06. The maximum absolute atomic E-state index is 14.1. The molecule has 9 heteroatoms. The third-order valence-corrected chi connectivity index (χ3v) is 6.16. The highest BCUT2D eigenvalue weighted by molar-refractivity contribution is 14.0. The highest BCUT2D eigenvalue weighted by atomic mass is 127. The number of rotatable bonds is 6. The number of aliphatic imine (C=N–C) groups is 1. The molecule has 0 radical (unpaired) electrons. The minimum atomic E-state index is -0.240. The number of nitrogens with one attached hydrogen (secondary N) is 1. The van der Waals surface area contributed by atoms with Gasteiger partial charge in [0.15, 0.2) is 5.96 Å². The Bertz CT molecular complexity index is 675. The van der Waals surface area contributed by atoms with Crippen LogP contribution in [0.5, 0.6) is 0 Å². The van der Waals surface area contributed by atoms with E-state index in [2.05, 4.69) is 22.0 Å². The number of guanidine groups is 1. The molecule has 30 heavy (non-hydrogen) atoms. The van der Waals surface area contributed by atoms with Gasteiger partial charge in [0.1, 0.15) is 5.82 Å². The van der Waals surface area contributed by atoms with Crippen LogP contribution in [0.25, 0.3) is 0 Å². The van der Waals surface area contributed by atoms with E-state index >= 15 is 0 Å². The Morgan fingerprint density at radius 2 is 1.97 bits per heavy atom. The molecule has 2 saturated heterocycles. The third kappa shape index (κ3) is 6.66. The van der Waals surface area contributed by atoms with Crippen LogP contribution in [0.15, 0.2) is 23.2 Å². The average molecular weight is 555 g/mol. The second-order valence-electron chi connectivity index (χ2n) is 7.63. The van der Waals surface area contributed by atoms with Crippen molar-refractivity contribution in [2.75, 3.05) is 59.6 Å². The van der Waals surface area contributed by atoms with Crippen molar-refractivity contribution >= 4 is 41.5 Å². The van der Waals surface area contributed by atoms with Crippen LogP contribution in [0.4, 0.5) is 4.39 Å². The van der Waals surface area contributed by atoms with Crippen molar-refractivity contribution in [1.29, 1.82) is 0 Å². The molecule has 3 rings (SSSR count). The molecule has 1 aromatic rings. The summed E-state index contributed by atoms with van der Waals surface area (Å²) in [7, 11) is 1.76. The Morgan fingerprint density at radius 1 is 1.27 bits per heavy atom. The summed E-state index contributed by atoms with van der Waals surface area (Å²) in [5.74, 6) is 0.676. The second-order valence-corrected chi connectivity index (χ2v) is 8.04. The normalized spacial score (nSPS) is 20.0. The first-order chi connectivity index (χ1) is 14.1. The molecule has 2 heterocycles. The Kier molecular flexibility index (Phi) is 10.6. The van der Waals surface area contributed by atoms with E-state index in [-0.39, 0.29) is 35.4 Å². The van der Waals surface area contributed by atoms with Crippen LogP contribution in [-0.4, -0.2) is 81.0 Å². The van der Waals surface area contributed by atoms with Crippen molar-refractivity contribution in [3.8, 4) is 0 Å². The van der Waals surface area contributed by atoms with E-state index in [1.807, 2.05) is 0 Å². The highest BCUT2D eigenvalue weighted by Gasteiger charge is 2.33. The molecule has 0 aromatic heterocycles. The van der Waals surface area contributed by atoms with Crippen LogP contribution in [-0.2, 0) is 16.0 Å². The van der Waals surface area contributed by atoms with Crippen molar-refractivity contribution in [1.82, 2.24) is 15.1 Å². The molecule has 0 aliphatic carbocycles. The van der Waals surface area contributed by atoms with E-state index in [1.54, 1.807) is 19.2 Å². The number of halogens is 3. The molecule has 0 bridgehead atoms. The van der Waals surface area contributed by atoms with Gasteiger partial charge in [-0.3, -0.25) is 9.89 Å². The molecule has 0 unspecified atom stereocenters. The van der Waals surface area contributed by atoms with E-state index in [1.165, 1.54) is 6.07 Å².